The minimum atomic E-state index is 0.896. The molecule has 2 aromatic carbocycles. The van der Waals surface area contributed by atoms with Gasteiger partial charge in [0, 0.05) is 48.9 Å². The van der Waals surface area contributed by atoms with Gasteiger partial charge >= 0.3 is 0 Å². The smallest absolute Gasteiger partial charge is 0.141 e. The summed E-state index contributed by atoms with van der Waals surface area (Å²) in [4.78, 5) is 15.1. The number of ether oxygens (including phenoxy) is 1. The van der Waals surface area contributed by atoms with Crippen LogP contribution in [0.1, 0.15) is 0 Å². The molecule has 29 heavy (non-hydrogen) atoms. The van der Waals surface area contributed by atoms with Crippen molar-refractivity contribution >= 4 is 33.1 Å². The molecule has 0 N–H and O–H groups in total. The predicted molar refractivity (Wildman–Crippen MR) is 120 cm³/mol. The first-order valence-corrected chi connectivity index (χ1v) is 10.6. The third kappa shape index (κ3) is 3.40. The van der Waals surface area contributed by atoms with E-state index in [-0.39, 0.29) is 0 Å². The number of fused-ring (bicyclic) bond motifs is 1. The van der Waals surface area contributed by atoms with Crippen LogP contribution in [-0.2, 0) is 0 Å². The number of nitrogens with zero attached hydrogens (tertiary/aromatic N) is 4. The molecule has 1 aliphatic heterocycles. The minimum Gasteiger partial charge on any atom is -0.497 e. The highest BCUT2D eigenvalue weighted by molar-refractivity contribution is 7.17. The number of rotatable bonds is 4. The highest BCUT2D eigenvalue weighted by atomic mass is 32.1. The highest BCUT2D eigenvalue weighted by Gasteiger charge is 2.22. The van der Waals surface area contributed by atoms with E-state index in [4.69, 9.17) is 9.72 Å². The van der Waals surface area contributed by atoms with Gasteiger partial charge in [-0.1, -0.05) is 36.4 Å². The third-order valence-corrected chi connectivity index (χ3v) is 6.32. The molecular weight excluding hydrogens is 380 g/mol. The summed E-state index contributed by atoms with van der Waals surface area (Å²) in [5.41, 5.74) is 3.64. The van der Waals surface area contributed by atoms with E-state index in [1.165, 1.54) is 22.2 Å². The first kappa shape index (κ1) is 17.9. The second-order valence-electron chi connectivity index (χ2n) is 7.07. The van der Waals surface area contributed by atoms with E-state index in [1.54, 1.807) is 24.8 Å². The largest absolute Gasteiger partial charge is 0.497 e. The van der Waals surface area contributed by atoms with E-state index < -0.39 is 0 Å². The molecule has 0 aliphatic carbocycles. The van der Waals surface area contributed by atoms with Gasteiger partial charge in [-0.2, -0.15) is 0 Å². The summed E-state index contributed by atoms with van der Waals surface area (Å²) in [6, 6.07) is 18.8. The Balaban J connectivity index is 1.43. The lowest BCUT2D eigenvalue weighted by Crippen LogP contribution is -2.46. The quantitative estimate of drug-likeness (QED) is 0.495. The number of aromatic nitrogens is 2. The first-order chi connectivity index (χ1) is 14.3. The lowest BCUT2D eigenvalue weighted by atomic mass is 10.1. The SMILES string of the molecule is COc1cccc(N2CCN(c3ncnc4scc(-c5ccccc5)c34)CC2)c1. The fraction of sp³-hybridized carbons (Fsp3) is 0.217. The van der Waals surface area contributed by atoms with Crippen LogP contribution in [-0.4, -0.2) is 43.3 Å². The lowest BCUT2D eigenvalue weighted by Gasteiger charge is -2.37. The van der Waals surface area contributed by atoms with Crippen LogP contribution in [0.2, 0.25) is 0 Å². The molecule has 0 unspecified atom stereocenters. The number of benzene rings is 2. The number of hydrogen-bond donors (Lipinski definition) is 0. The van der Waals surface area contributed by atoms with E-state index in [0.717, 1.165) is 42.6 Å². The molecule has 0 amide bonds. The van der Waals surface area contributed by atoms with Gasteiger partial charge < -0.3 is 14.5 Å². The van der Waals surface area contributed by atoms with E-state index in [9.17, 15) is 0 Å². The van der Waals surface area contributed by atoms with Crippen molar-refractivity contribution in [3.8, 4) is 16.9 Å². The van der Waals surface area contributed by atoms with E-state index in [1.807, 2.05) is 18.2 Å². The van der Waals surface area contributed by atoms with Gasteiger partial charge in [-0.25, -0.2) is 9.97 Å². The zero-order chi connectivity index (χ0) is 19.6. The average molecular weight is 403 g/mol. The van der Waals surface area contributed by atoms with Gasteiger partial charge in [0.05, 0.1) is 12.5 Å². The molecule has 0 spiro atoms. The molecule has 4 aromatic rings. The lowest BCUT2D eigenvalue weighted by molar-refractivity contribution is 0.414. The highest BCUT2D eigenvalue weighted by Crippen LogP contribution is 2.38. The van der Waals surface area contributed by atoms with Crippen molar-refractivity contribution < 1.29 is 4.74 Å². The summed E-state index contributed by atoms with van der Waals surface area (Å²) >= 11 is 1.69. The van der Waals surface area contributed by atoms with Gasteiger partial charge in [0.2, 0.25) is 0 Å². The molecule has 0 saturated carbocycles. The number of thiophene rings is 1. The molecule has 2 aromatic heterocycles. The van der Waals surface area contributed by atoms with Crippen LogP contribution in [0.5, 0.6) is 5.75 Å². The fourth-order valence-electron chi connectivity index (χ4n) is 3.91. The summed E-state index contributed by atoms with van der Waals surface area (Å²) in [6.45, 7) is 3.74. The minimum absolute atomic E-state index is 0.896. The zero-order valence-electron chi connectivity index (χ0n) is 16.3. The molecule has 0 atom stereocenters. The topological polar surface area (TPSA) is 41.5 Å². The van der Waals surface area contributed by atoms with Crippen LogP contribution in [0.15, 0.2) is 66.3 Å². The molecule has 146 valence electrons. The summed E-state index contributed by atoms with van der Waals surface area (Å²) < 4.78 is 5.38. The van der Waals surface area contributed by atoms with Crippen LogP contribution in [0.3, 0.4) is 0 Å². The van der Waals surface area contributed by atoms with Gasteiger partial charge in [0.25, 0.3) is 0 Å². The fourth-order valence-corrected chi connectivity index (χ4v) is 4.82. The number of piperazine rings is 1. The molecular formula is C23H22N4OS. The van der Waals surface area contributed by atoms with Gasteiger partial charge in [-0.15, -0.1) is 11.3 Å². The summed E-state index contributed by atoms with van der Waals surface area (Å²) in [6.07, 6.45) is 1.69. The molecule has 6 heteroatoms. The Kier molecular flexibility index (Phi) is 4.77. The Morgan fingerprint density at radius 1 is 0.897 bits per heavy atom. The van der Waals surface area contributed by atoms with Crippen molar-refractivity contribution in [1.29, 1.82) is 0 Å². The number of methoxy groups -OCH3 is 1. The van der Waals surface area contributed by atoms with Crippen LogP contribution in [0.25, 0.3) is 21.3 Å². The predicted octanol–water partition coefficient (Wildman–Crippen LogP) is 4.69. The van der Waals surface area contributed by atoms with Crippen LogP contribution in [0.4, 0.5) is 11.5 Å². The van der Waals surface area contributed by atoms with Gasteiger partial charge in [0.1, 0.15) is 22.7 Å². The molecule has 1 aliphatic rings. The second-order valence-corrected chi connectivity index (χ2v) is 7.93. The van der Waals surface area contributed by atoms with Crippen LogP contribution >= 0.6 is 11.3 Å². The summed E-state index contributed by atoms with van der Waals surface area (Å²) in [5, 5.41) is 3.36. The summed E-state index contributed by atoms with van der Waals surface area (Å²) in [7, 11) is 1.71. The van der Waals surface area contributed by atoms with Crippen LogP contribution in [0, 0.1) is 0 Å². The van der Waals surface area contributed by atoms with Gasteiger partial charge in [-0.05, 0) is 17.7 Å². The Morgan fingerprint density at radius 3 is 2.48 bits per heavy atom. The Labute approximate surface area is 174 Å². The Hall–Kier alpha value is -3.12. The standard InChI is InChI=1S/C23H22N4OS/c1-28-19-9-5-8-18(14-19)26-10-12-27(13-11-26)22-21-20(17-6-3-2-4-7-17)15-29-23(21)25-16-24-22/h2-9,14-16H,10-13H2,1H3. The third-order valence-electron chi connectivity index (χ3n) is 5.43. The number of anilines is 2. The molecule has 1 saturated heterocycles. The van der Waals surface area contributed by atoms with Gasteiger partial charge in [-0.3, -0.25) is 0 Å². The Bertz CT molecular complexity index is 1120. The molecule has 0 radical (unpaired) electrons. The van der Waals surface area contributed by atoms with Crippen molar-refractivity contribution in [3.05, 3.63) is 66.3 Å². The molecule has 3 heterocycles. The normalized spacial score (nSPS) is 14.4. The zero-order valence-corrected chi connectivity index (χ0v) is 17.1. The second kappa shape index (κ2) is 7.72. The van der Waals surface area contributed by atoms with E-state index in [2.05, 4.69) is 56.6 Å². The maximum Gasteiger partial charge on any atom is 0.141 e. The van der Waals surface area contributed by atoms with Crippen molar-refractivity contribution in [2.75, 3.05) is 43.1 Å². The van der Waals surface area contributed by atoms with E-state index in [0.29, 0.717) is 0 Å². The Morgan fingerprint density at radius 2 is 1.69 bits per heavy atom. The van der Waals surface area contributed by atoms with Crippen molar-refractivity contribution in [2.24, 2.45) is 0 Å². The summed E-state index contributed by atoms with van der Waals surface area (Å²) in [5.74, 6) is 1.94. The van der Waals surface area contributed by atoms with Crippen molar-refractivity contribution in [2.45, 2.75) is 0 Å². The van der Waals surface area contributed by atoms with Gasteiger partial charge in [0.15, 0.2) is 0 Å². The van der Waals surface area contributed by atoms with E-state index >= 15 is 0 Å². The van der Waals surface area contributed by atoms with Crippen molar-refractivity contribution in [1.82, 2.24) is 9.97 Å². The monoisotopic (exact) mass is 402 g/mol. The van der Waals surface area contributed by atoms with Crippen LogP contribution < -0.4 is 14.5 Å². The molecule has 1 fully saturated rings. The van der Waals surface area contributed by atoms with Crippen molar-refractivity contribution in [3.63, 3.8) is 0 Å². The molecule has 5 nitrogen and oxygen atoms in total. The first-order valence-electron chi connectivity index (χ1n) is 9.75. The number of hydrogen-bond acceptors (Lipinski definition) is 6. The molecule has 0 bridgehead atoms. The molecule has 5 rings (SSSR count). The average Bonchev–Trinajstić information content (AvgIpc) is 3.24. The maximum absolute atomic E-state index is 5.38. The maximum atomic E-state index is 5.38.